The Morgan fingerprint density at radius 2 is 1.85 bits per heavy atom. The van der Waals surface area contributed by atoms with Gasteiger partial charge in [-0.25, -0.2) is 8.42 Å². The summed E-state index contributed by atoms with van der Waals surface area (Å²) in [6.45, 7) is 5.06. The normalized spacial score (nSPS) is 22.9. The van der Waals surface area contributed by atoms with E-state index in [0.29, 0.717) is 19.4 Å². The van der Waals surface area contributed by atoms with Crippen molar-refractivity contribution in [1.82, 2.24) is 4.90 Å². The number of nitrogens with zero attached hydrogens (tertiary/aromatic N) is 2. The van der Waals surface area contributed by atoms with Gasteiger partial charge in [-0.15, -0.1) is 0 Å². The van der Waals surface area contributed by atoms with Crippen molar-refractivity contribution in [3.05, 3.63) is 24.3 Å². The molecule has 2 aliphatic rings. The molecule has 0 saturated carbocycles. The van der Waals surface area contributed by atoms with Crippen LogP contribution in [0.25, 0.3) is 0 Å². The summed E-state index contributed by atoms with van der Waals surface area (Å²) in [5, 5.41) is 2.94. The fourth-order valence-corrected chi connectivity index (χ4v) is 5.63. The number of sulfone groups is 1. The molecule has 1 N–H and O–H groups in total. The molecule has 0 bridgehead atoms. The number of amides is 1. The van der Waals surface area contributed by atoms with Crippen molar-refractivity contribution < 1.29 is 13.2 Å². The van der Waals surface area contributed by atoms with E-state index >= 15 is 0 Å². The number of benzene rings is 1. The van der Waals surface area contributed by atoms with Crippen LogP contribution in [0.15, 0.2) is 24.3 Å². The second-order valence-electron chi connectivity index (χ2n) is 8.05. The number of piperidine rings is 1. The minimum Gasteiger partial charge on any atom is -0.372 e. The number of carbonyl (C=O) groups excluding carboxylic acids is 1. The maximum absolute atomic E-state index is 12.2. The Hall–Kier alpha value is -1.60. The number of hydrogen-bond acceptors (Lipinski definition) is 5. The van der Waals surface area contributed by atoms with Gasteiger partial charge in [-0.2, -0.15) is 0 Å². The minimum absolute atomic E-state index is 0.0364. The van der Waals surface area contributed by atoms with Crippen LogP contribution in [0.4, 0.5) is 11.4 Å². The van der Waals surface area contributed by atoms with E-state index in [0.717, 1.165) is 24.7 Å². The molecule has 1 aromatic carbocycles. The molecule has 3 rings (SSSR count). The van der Waals surface area contributed by atoms with Crippen LogP contribution in [0.5, 0.6) is 0 Å². The zero-order chi connectivity index (χ0) is 19.4. The molecular formula is C20H31N3O3S. The smallest absolute Gasteiger partial charge is 0.225 e. The van der Waals surface area contributed by atoms with Crippen LogP contribution in [-0.2, 0) is 14.6 Å². The zero-order valence-electron chi connectivity index (χ0n) is 16.4. The van der Waals surface area contributed by atoms with Gasteiger partial charge in [0.05, 0.1) is 11.5 Å². The molecule has 0 aliphatic carbocycles. The van der Waals surface area contributed by atoms with Gasteiger partial charge in [0.25, 0.3) is 0 Å². The lowest BCUT2D eigenvalue weighted by atomic mass is 9.99. The molecule has 0 radical (unpaired) electrons. The van der Waals surface area contributed by atoms with Crippen LogP contribution in [0.3, 0.4) is 0 Å². The van der Waals surface area contributed by atoms with Crippen LogP contribution in [0, 0.1) is 5.92 Å². The Morgan fingerprint density at radius 3 is 2.44 bits per heavy atom. The van der Waals surface area contributed by atoms with Gasteiger partial charge in [-0.1, -0.05) is 6.92 Å². The SMILES string of the molecule is CC1CCN(c2ccc(NC(=O)CCN(C)C3CCS(=O)(=O)C3)cc2)CC1. The van der Waals surface area contributed by atoms with Gasteiger partial charge in [-0.3, -0.25) is 4.79 Å². The molecule has 2 heterocycles. The van der Waals surface area contributed by atoms with E-state index in [4.69, 9.17) is 0 Å². The maximum atomic E-state index is 12.2. The first-order valence-corrected chi connectivity index (χ1v) is 11.7. The Bertz CT molecular complexity index is 740. The number of rotatable bonds is 6. The molecule has 27 heavy (non-hydrogen) atoms. The number of carbonyl (C=O) groups is 1. The summed E-state index contributed by atoms with van der Waals surface area (Å²) in [5.74, 6) is 1.24. The molecule has 0 aromatic heterocycles. The average Bonchev–Trinajstić information content (AvgIpc) is 3.01. The number of nitrogens with one attached hydrogen (secondary N) is 1. The number of anilines is 2. The minimum atomic E-state index is -2.89. The summed E-state index contributed by atoms with van der Waals surface area (Å²) in [4.78, 5) is 16.6. The first-order valence-electron chi connectivity index (χ1n) is 9.88. The summed E-state index contributed by atoms with van der Waals surface area (Å²) in [6, 6.07) is 8.09. The molecule has 150 valence electrons. The predicted molar refractivity (Wildman–Crippen MR) is 110 cm³/mol. The summed E-state index contributed by atoms with van der Waals surface area (Å²) in [5.41, 5.74) is 2.02. The van der Waals surface area contributed by atoms with Gasteiger partial charge in [0, 0.05) is 43.5 Å². The van der Waals surface area contributed by atoms with E-state index in [1.165, 1.54) is 18.5 Å². The quantitative estimate of drug-likeness (QED) is 0.804. The van der Waals surface area contributed by atoms with E-state index < -0.39 is 9.84 Å². The lowest BCUT2D eigenvalue weighted by Crippen LogP contribution is -2.35. The Balaban J connectivity index is 1.44. The standard InChI is InChI=1S/C20H31N3O3S/c1-16-7-12-23(13-8-16)18-5-3-17(4-6-18)21-20(24)9-11-22(2)19-10-14-27(25,26)15-19/h3-6,16,19H,7-15H2,1-2H3,(H,21,24). The molecule has 2 fully saturated rings. The zero-order valence-corrected chi connectivity index (χ0v) is 17.2. The van der Waals surface area contributed by atoms with Crippen LogP contribution >= 0.6 is 0 Å². The Labute approximate surface area is 162 Å². The van der Waals surface area contributed by atoms with Gasteiger partial charge in [0.2, 0.25) is 5.91 Å². The van der Waals surface area contributed by atoms with Crippen molar-refractivity contribution in [3.63, 3.8) is 0 Å². The highest BCUT2D eigenvalue weighted by atomic mass is 32.2. The van der Waals surface area contributed by atoms with Crippen LogP contribution in [0.1, 0.15) is 32.6 Å². The highest BCUT2D eigenvalue weighted by Gasteiger charge is 2.30. The number of hydrogen-bond donors (Lipinski definition) is 1. The van der Waals surface area contributed by atoms with E-state index in [1.807, 2.05) is 24.1 Å². The van der Waals surface area contributed by atoms with E-state index in [1.54, 1.807) is 0 Å². The van der Waals surface area contributed by atoms with Crippen molar-refractivity contribution in [3.8, 4) is 0 Å². The van der Waals surface area contributed by atoms with Crippen molar-refractivity contribution in [2.24, 2.45) is 5.92 Å². The molecule has 1 amide bonds. The molecular weight excluding hydrogens is 362 g/mol. The molecule has 7 heteroatoms. The lowest BCUT2D eigenvalue weighted by molar-refractivity contribution is -0.116. The Morgan fingerprint density at radius 1 is 1.19 bits per heavy atom. The third-order valence-corrected chi connectivity index (χ3v) is 7.57. The third kappa shape index (κ3) is 5.69. The summed E-state index contributed by atoms with van der Waals surface area (Å²) >= 11 is 0. The first kappa shape index (κ1) is 20.1. The highest BCUT2D eigenvalue weighted by molar-refractivity contribution is 7.91. The monoisotopic (exact) mass is 393 g/mol. The van der Waals surface area contributed by atoms with Gasteiger partial charge < -0.3 is 15.1 Å². The van der Waals surface area contributed by atoms with Crippen molar-refractivity contribution in [2.45, 2.75) is 38.6 Å². The van der Waals surface area contributed by atoms with Gasteiger partial charge in [0.1, 0.15) is 0 Å². The molecule has 2 saturated heterocycles. The summed E-state index contributed by atoms with van der Waals surface area (Å²) in [7, 11) is -0.995. The second-order valence-corrected chi connectivity index (χ2v) is 10.3. The maximum Gasteiger partial charge on any atom is 0.225 e. The van der Waals surface area contributed by atoms with Crippen molar-refractivity contribution >= 4 is 27.1 Å². The van der Waals surface area contributed by atoms with E-state index in [9.17, 15) is 13.2 Å². The molecule has 1 atom stereocenters. The Kier molecular flexibility index (Phi) is 6.42. The summed E-state index contributed by atoms with van der Waals surface area (Å²) < 4.78 is 23.1. The van der Waals surface area contributed by atoms with Crippen LogP contribution in [-0.4, -0.2) is 63.5 Å². The van der Waals surface area contributed by atoms with Crippen molar-refractivity contribution in [1.29, 1.82) is 0 Å². The fraction of sp³-hybridized carbons (Fsp3) is 0.650. The fourth-order valence-electron chi connectivity index (χ4n) is 3.83. The molecule has 2 aliphatic heterocycles. The van der Waals surface area contributed by atoms with Crippen LogP contribution in [0.2, 0.25) is 0 Å². The van der Waals surface area contributed by atoms with Gasteiger partial charge in [0.15, 0.2) is 9.84 Å². The highest BCUT2D eigenvalue weighted by Crippen LogP contribution is 2.24. The van der Waals surface area contributed by atoms with Gasteiger partial charge >= 0.3 is 0 Å². The van der Waals surface area contributed by atoms with Crippen LogP contribution < -0.4 is 10.2 Å². The predicted octanol–water partition coefficient (Wildman–Crippen LogP) is 2.37. The van der Waals surface area contributed by atoms with Crippen molar-refractivity contribution in [2.75, 3.05) is 48.4 Å². The lowest BCUT2D eigenvalue weighted by Gasteiger charge is -2.32. The van der Waals surface area contributed by atoms with E-state index in [-0.39, 0.29) is 23.5 Å². The average molecular weight is 394 g/mol. The van der Waals surface area contributed by atoms with Gasteiger partial charge in [-0.05, 0) is 56.5 Å². The molecule has 1 aromatic rings. The van der Waals surface area contributed by atoms with E-state index in [2.05, 4.69) is 29.3 Å². The molecule has 0 spiro atoms. The largest absolute Gasteiger partial charge is 0.372 e. The first-order chi connectivity index (χ1) is 12.8. The molecule has 6 nitrogen and oxygen atoms in total. The topological polar surface area (TPSA) is 69.7 Å². The summed E-state index contributed by atoms with van der Waals surface area (Å²) in [6.07, 6.45) is 3.48. The third-order valence-electron chi connectivity index (χ3n) is 5.82. The molecule has 1 unspecified atom stereocenters. The second kappa shape index (κ2) is 8.61.